The summed E-state index contributed by atoms with van der Waals surface area (Å²) >= 11 is 0. The van der Waals surface area contributed by atoms with E-state index < -0.39 is 37.8 Å². The Morgan fingerprint density at radius 2 is 1.27 bits per heavy atom. The zero-order valence-corrected chi connectivity index (χ0v) is 16.4. The molecule has 0 spiro atoms. The standard InChI is InChI=1S/C16H26N2O7Si/c1-5-7-9(13(17)19)11(15(21)22)25-26(3,4)12(16(23)24)10(8-6-2)14(18)20/h5-8H2,1-4H3,(H2,17,19)(H2,18,20)(H,21,22)(H,23,24). The molecule has 146 valence electrons. The van der Waals surface area contributed by atoms with Crippen LogP contribution in [-0.4, -0.2) is 42.3 Å². The van der Waals surface area contributed by atoms with Gasteiger partial charge in [-0.05, 0) is 25.9 Å². The lowest BCUT2D eigenvalue weighted by molar-refractivity contribution is -0.136. The van der Waals surface area contributed by atoms with Crippen molar-refractivity contribution in [3.63, 3.8) is 0 Å². The van der Waals surface area contributed by atoms with Crippen LogP contribution in [0.5, 0.6) is 0 Å². The van der Waals surface area contributed by atoms with Crippen molar-refractivity contribution in [2.75, 3.05) is 0 Å². The summed E-state index contributed by atoms with van der Waals surface area (Å²) in [6, 6.07) is 0. The van der Waals surface area contributed by atoms with Gasteiger partial charge >= 0.3 is 11.9 Å². The third-order valence-electron chi connectivity index (χ3n) is 3.54. The molecule has 2 amide bonds. The van der Waals surface area contributed by atoms with E-state index in [9.17, 15) is 29.4 Å². The molecule has 0 aliphatic heterocycles. The summed E-state index contributed by atoms with van der Waals surface area (Å²) < 4.78 is 5.55. The summed E-state index contributed by atoms with van der Waals surface area (Å²) in [5.74, 6) is -5.50. The molecule has 0 radical (unpaired) electrons. The van der Waals surface area contributed by atoms with E-state index >= 15 is 0 Å². The summed E-state index contributed by atoms with van der Waals surface area (Å²) in [5.41, 5.74) is 10.2. The average molecular weight is 386 g/mol. The minimum absolute atomic E-state index is 0.0607. The highest BCUT2D eigenvalue weighted by atomic mass is 28.4. The third kappa shape index (κ3) is 6.03. The smallest absolute Gasteiger partial charge is 0.370 e. The molecule has 0 atom stereocenters. The van der Waals surface area contributed by atoms with Crippen LogP contribution in [0.4, 0.5) is 0 Å². The molecule has 0 aromatic carbocycles. The van der Waals surface area contributed by atoms with Crippen LogP contribution in [-0.2, 0) is 23.6 Å². The fraction of sp³-hybridized carbons (Fsp3) is 0.500. The molecule has 0 aromatic heterocycles. The maximum Gasteiger partial charge on any atom is 0.370 e. The normalized spacial score (nSPS) is 13.4. The molecule has 0 saturated heterocycles. The maximum atomic E-state index is 11.8. The number of hydrogen-bond donors (Lipinski definition) is 4. The van der Waals surface area contributed by atoms with Crippen molar-refractivity contribution in [2.24, 2.45) is 11.5 Å². The van der Waals surface area contributed by atoms with E-state index in [1.165, 1.54) is 13.1 Å². The van der Waals surface area contributed by atoms with Crippen LogP contribution < -0.4 is 11.5 Å². The monoisotopic (exact) mass is 386 g/mol. The van der Waals surface area contributed by atoms with Gasteiger partial charge in [0.2, 0.25) is 11.8 Å². The number of carbonyl (C=O) groups excluding carboxylic acids is 2. The summed E-state index contributed by atoms with van der Waals surface area (Å²) in [6.45, 7) is 6.30. The van der Waals surface area contributed by atoms with E-state index in [-0.39, 0.29) is 29.2 Å². The molecule has 0 fully saturated rings. The van der Waals surface area contributed by atoms with E-state index in [0.29, 0.717) is 12.8 Å². The Labute approximate surface area is 152 Å². The van der Waals surface area contributed by atoms with Crippen molar-refractivity contribution in [1.82, 2.24) is 0 Å². The second-order valence-corrected chi connectivity index (χ2v) is 9.84. The molecule has 0 aliphatic rings. The van der Waals surface area contributed by atoms with Gasteiger partial charge in [0.25, 0.3) is 8.32 Å². The van der Waals surface area contributed by atoms with Crippen molar-refractivity contribution in [3.8, 4) is 0 Å². The molecule has 0 unspecified atom stereocenters. The Kier molecular flexibility index (Phi) is 8.77. The first-order chi connectivity index (χ1) is 11.9. The maximum absolute atomic E-state index is 11.8. The van der Waals surface area contributed by atoms with Gasteiger partial charge in [0.05, 0.1) is 10.8 Å². The lowest BCUT2D eigenvalue weighted by atomic mass is 10.1. The quantitative estimate of drug-likeness (QED) is 0.233. The van der Waals surface area contributed by atoms with Gasteiger partial charge in [-0.1, -0.05) is 26.7 Å². The number of carboxylic acids is 2. The number of amides is 2. The molecule has 0 aliphatic carbocycles. The number of carboxylic acid groups (broad SMARTS) is 2. The number of nitrogens with two attached hydrogens (primary N) is 2. The second-order valence-electron chi connectivity index (χ2n) is 6.11. The Bertz CT molecular complexity index is 666. The van der Waals surface area contributed by atoms with Gasteiger partial charge in [0.15, 0.2) is 5.76 Å². The summed E-state index contributed by atoms with van der Waals surface area (Å²) in [6.07, 6.45) is 1.07. The second kappa shape index (κ2) is 9.75. The van der Waals surface area contributed by atoms with Crippen LogP contribution in [0.1, 0.15) is 39.5 Å². The molecule has 9 nitrogen and oxygen atoms in total. The van der Waals surface area contributed by atoms with Gasteiger partial charge in [-0.3, -0.25) is 9.59 Å². The predicted molar refractivity (Wildman–Crippen MR) is 96.1 cm³/mol. The van der Waals surface area contributed by atoms with Crippen molar-refractivity contribution < 1.29 is 33.8 Å². The molecule has 0 heterocycles. The van der Waals surface area contributed by atoms with Gasteiger partial charge in [-0.15, -0.1) is 0 Å². The van der Waals surface area contributed by atoms with Crippen LogP contribution in [0.15, 0.2) is 22.1 Å². The average Bonchev–Trinajstić information content (AvgIpc) is 2.48. The Balaban J connectivity index is 6.48. The predicted octanol–water partition coefficient (Wildman–Crippen LogP) is 1.04. The highest BCUT2D eigenvalue weighted by Gasteiger charge is 2.41. The van der Waals surface area contributed by atoms with E-state index in [0.717, 1.165) is 0 Å². The van der Waals surface area contributed by atoms with Gasteiger partial charge in [-0.2, -0.15) is 0 Å². The first-order valence-corrected chi connectivity index (χ1v) is 11.0. The van der Waals surface area contributed by atoms with Gasteiger partial charge in [-0.25, -0.2) is 9.59 Å². The molecular weight excluding hydrogens is 360 g/mol. The van der Waals surface area contributed by atoms with E-state index in [1.54, 1.807) is 13.8 Å². The minimum atomic E-state index is -3.49. The van der Waals surface area contributed by atoms with Crippen LogP contribution in [0.25, 0.3) is 0 Å². The first kappa shape index (κ1) is 23.4. The molecule has 26 heavy (non-hydrogen) atoms. The van der Waals surface area contributed by atoms with Crippen molar-refractivity contribution in [2.45, 2.75) is 52.6 Å². The summed E-state index contributed by atoms with van der Waals surface area (Å²) in [7, 11) is -3.49. The summed E-state index contributed by atoms with van der Waals surface area (Å²) in [5, 5.41) is 18.7. The van der Waals surface area contributed by atoms with E-state index in [2.05, 4.69) is 0 Å². The van der Waals surface area contributed by atoms with Crippen LogP contribution in [0, 0.1) is 0 Å². The molecule has 0 rings (SSSR count). The van der Waals surface area contributed by atoms with Crippen LogP contribution in [0.2, 0.25) is 13.1 Å². The molecular formula is C16H26N2O7Si. The van der Waals surface area contributed by atoms with E-state index in [4.69, 9.17) is 15.9 Å². The van der Waals surface area contributed by atoms with Crippen LogP contribution in [0.3, 0.4) is 0 Å². The Morgan fingerprint density at radius 1 is 0.846 bits per heavy atom. The largest absolute Gasteiger partial charge is 0.534 e. The SMILES string of the molecule is CCCC(C(N)=O)=C(O[Si](C)(C)C(C(=O)O)=C(CCC)C(N)=O)C(=O)O. The molecule has 10 heteroatoms. The van der Waals surface area contributed by atoms with Gasteiger partial charge in [0, 0.05) is 5.57 Å². The fourth-order valence-electron chi connectivity index (χ4n) is 2.51. The first-order valence-electron chi connectivity index (χ1n) is 8.12. The van der Waals surface area contributed by atoms with Crippen molar-refractivity contribution >= 4 is 32.1 Å². The lowest BCUT2D eigenvalue weighted by Crippen LogP contribution is -2.41. The van der Waals surface area contributed by atoms with Crippen molar-refractivity contribution in [3.05, 3.63) is 22.1 Å². The van der Waals surface area contributed by atoms with E-state index in [1.807, 2.05) is 0 Å². The summed E-state index contributed by atoms with van der Waals surface area (Å²) in [4.78, 5) is 46.7. The number of hydrogen-bond acceptors (Lipinski definition) is 5. The third-order valence-corrected chi connectivity index (χ3v) is 5.97. The topological polar surface area (TPSA) is 170 Å². The minimum Gasteiger partial charge on any atom is -0.534 e. The zero-order valence-electron chi connectivity index (χ0n) is 15.4. The van der Waals surface area contributed by atoms with Crippen molar-refractivity contribution in [1.29, 1.82) is 0 Å². The highest BCUT2D eigenvalue weighted by molar-refractivity contribution is 6.83. The number of rotatable bonds is 11. The molecule has 0 bridgehead atoms. The lowest BCUT2D eigenvalue weighted by Gasteiger charge is -2.27. The zero-order chi connectivity index (χ0) is 20.7. The number of aliphatic carboxylic acids is 2. The fourth-order valence-corrected chi connectivity index (χ4v) is 4.82. The van der Waals surface area contributed by atoms with Gasteiger partial charge < -0.3 is 26.1 Å². The Morgan fingerprint density at radius 3 is 1.58 bits per heavy atom. The Hall–Kier alpha value is -2.62. The molecule has 6 N–H and O–H groups in total. The molecule has 0 aromatic rings. The highest BCUT2D eigenvalue weighted by Crippen LogP contribution is 2.27. The van der Waals surface area contributed by atoms with Gasteiger partial charge in [0.1, 0.15) is 0 Å². The number of primary amides is 2. The number of carbonyl (C=O) groups is 4. The molecule has 0 saturated carbocycles. The van der Waals surface area contributed by atoms with Crippen LogP contribution >= 0.6 is 0 Å².